The minimum absolute atomic E-state index is 0.0341. The molecule has 4 aromatic carbocycles. The molecule has 0 unspecified atom stereocenters. The van der Waals surface area contributed by atoms with Crippen LogP contribution in [0.4, 0.5) is 61.5 Å². The van der Waals surface area contributed by atoms with Gasteiger partial charge < -0.3 is 0 Å². The topological polar surface area (TPSA) is 0 Å². The van der Waals surface area contributed by atoms with Gasteiger partial charge in [0.1, 0.15) is 35.2 Å². The Morgan fingerprint density at radius 2 is 0.750 bits per heavy atom. The van der Waals surface area contributed by atoms with Crippen LogP contribution in [0, 0.1) is 81.4 Å². The van der Waals surface area contributed by atoms with E-state index in [1.165, 1.54) is 0 Å². The highest BCUT2D eigenvalue weighted by Gasteiger charge is 2.48. The molecule has 0 atom stereocenters. The van der Waals surface area contributed by atoms with Crippen LogP contribution in [-0.4, -0.2) is 6.15 Å². The Hall–Kier alpha value is -4.56. The summed E-state index contributed by atoms with van der Waals surface area (Å²) in [5, 5.41) is 0. The fourth-order valence-corrected chi connectivity index (χ4v) is 5.26. The summed E-state index contributed by atoms with van der Waals surface area (Å²) in [6.07, 6.45) is -4.93. The quantitative estimate of drug-likeness (QED) is 0.0726. The largest absolute Gasteiger partial charge is 0.210 e. The normalized spacial score (nSPS) is 11.7. The molecule has 0 aliphatic carbocycles. The van der Waals surface area contributed by atoms with E-state index in [2.05, 4.69) is 13.2 Å². The predicted octanol–water partition coefficient (Wildman–Crippen LogP) is 6.38. The van der Waals surface area contributed by atoms with Crippen LogP contribution in [0.2, 0.25) is 0 Å². The summed E-state index contributed by atoms with van der Waals surface area (Å²) < 4.78 is 212. The molecule has 0 saturated heterocycles. The maximum absolute atomic E-state index is 16.2. The molecule has 0 aliphatic rings. The Balaban J connectivity index is 2.56. The number of hydrogen-bond acceptors (Lipinski definition) is 0. The van der Waals surface area contributed by atoms with Crippen molar-refractivity contribution in [1.29, 1.82) is 0 Å². The second-order valence-electron chi connectivity index (χ2n) is 9.34. The van der Waals surface area contributed by atoms with Gasteiger partial charge >= 0.3 is 0 Å². The first-order valence-corrected chi connectivity index (χ1v) is 12.0. The van der Waals surface area contributed by atoms with Crippen LogP contribution < -0.4 is 21.9 Å². The van der Waals surface area contributed by atoms with Crippen molar-refractivity contribution in [2.24, 2.45) is 0 Å². The number of benzene rings is 4. The average molecular weight is 637 g/mol. The fourth-order valence-electron chi connectivity index (χ4n) is 5.26. The number of hydrogen-bond donors (Lipinski definition) is 0. The van der Waals surface area contributed by atoms with Crippen LogP contribution in [0.5, 0.6) is 0 Å². The minimum Gasteiger partial charge on any atom is -0.210 e. The van der Waals surface area contributed by atoms with E-state index in [1.54, 1.807) is 0 Å². The molecular formula is C29H12BF14-. The number of allylic oxidation sites excluding steroid dienone is 1. The van der Waals surface area contributed by atoms with E-state index in [0.29, 0.717) is 18.2 Å². The molecule has 15 heteroatoms. The van der Waals surface area contributed by atoms with Gasteiger partial charge in [-0.05, 0) is 12.0 Å². The Morgan fingerprint density at radius 3 is 1.09 bits per heavy atom. The monoisotopic (exact) mass is 637 g/mol. The molecule has 0 aromatic heterocycles. The Bertz CT molecular complexity index is 1740. The van der Waals surface area contributed by atoms with Gasteiger partial charge in [0.2, 0.25) is 0 Å². The van der Waals surface area contributed by atoms with Crippen molar-refractivity contribution >= 4 is 34.1 Å². The first kappa shape index (κ1) is 32.4. The van der Waals surface area contributed by atoms with Crippen molar-refractivity contribution in [3.05, 3.63) is 136 Å². The average Bonchev–Trinajstić information content (AvgIpc) is 3.01. The Labute approximate surface area is 238 Å². The van der Waals surface area contributed by atoms with Crippen molar-refractivity contribution in [2.75, 3.05) is 0 Å². The minimum atomic E-state index is -5.58. The smallest absolute Gasteiger partial charge is 0.200 e. The third kappa shape index (κ3) is 4.39. The standard InChI is InChI=1S/C29H12BF14/c1-3-5-12-16(31)13(18(33)23(38)17(12)32)30(11-8-6-10(4-2)7-9-11,14-19(34)24(39)28(43)25(40)20(14)35)15-21(36)26(41)29(44)27(42)22(15)37/h3-4,6-9H,1-2,5H2/q-1. The molecular weight excluding hydrogens is 625 g/mol. The summed E-state index contributed by atoms with van der Waals surface area (Å²) >= 11 is 0. The molecule has 4 aromatic rings. The van der Waals surface area contributed by atoms with E-state index in [0.717, 1.165) is 18.2 Å². The molecule has 0 amide bonds. The molecule has 0 nitrogen and oxygen atoms in total. The fraction of sp³-hybridized carbons (Fsp3) is 0.0345. The van der Waals surface area contributed by atoms with E-state index in [4.69, 9.17) is 0 Å². The highest BCUT2D eigenvalue weighted by molar-refractivity contribution is 7.20. The van der Waals surface area contributed by atoms with Crippen LogP contribution >= 0.6 is 0 Å². The van der Waals surface area contributed by atoms with E-state index < -0.39 is 121 Å². The van der Waals surface area contributed by atoms with Crippen molar-refractivity contribution < 1.29 is 61.5 Å². The van der Waals surface area contributed by atoms with Gasteiger partial charge in [-0.2, -0.15) is 5.46 Å². The maximum Gasteiger partial charge on any atom is 0.200 e. The van der Waals surface area contributed by atoms with Crippen LogP contribution in [-0.2, 0) is 6.42 Å². The van der Waals surface area contributed by atoms with Crippen molar-refractivity contribution in [3.63, 3.8) is 0 Å². The lowest BCUT2D eigenvalue weighted by molar-refractivity contribution is 0.381. The number of rotatable bonds is 7. The van der Waals surface area contributed by atoms with E-state index in [1.807, 2.05) is 0 Å². The molecule has 0 spiro atoms. The molecule has 0 bridgehead atoms. The molecule has 0 aliphatic heterocycles. The molecule has 0 saturated carbocycles. The van der Waals surface area contributed by atoms with Gasteiger partial charge in [-0.25, -0.2) is 61.5 Å². The second kappa shape index (κ2) is 11.5. The van der Waals surface area contributed by atoms with Gasteiger partial charge in [-0.15, -0.1) is 23.0 Å². The van der Waals surface area contributed by atoms with E-state index in [9.17, 15) is 30.7 Å². The molecule has 0 N–H and O–H groups in total. The third-order valence-electron chi connectivity index (χ3n) is 7.20. The zero-order valence-corrected chi connectivity index (χ0v) is 21.5. The van der Waals surface area contributed by atoms with Crippen molar-refractivity contribution in [2.45, 2.75) is 6.42 Å². The van der Waals surface area contributed by atoms with Gasteiger partial charge in [0.15, 0.2) is 46.5 Å². The van der Waals surface area contributed by atoms with E-state index >= 15 is 30.7 Å². The number of halogens is 14. The van der Waals surface area contributed by atoms with Crippen LogP contribution in [0.25, 0.3) is 6.08 Å². The van der Waals surface area contributed by atoms with Crippen molar-refractivity contribution in [3.8, 4) is 0 Å². The molecule has 230 valence electrons. The van der Waals surface area contributed by atoms with Crippen LogP contribution in [0.1, 0.15) is 11.1 Å². The zero-order chi connectivity index (χ0) is 33.0. The highest BCUT2D eigenvalue weighted by atomic mass is 19.2. The van der Waals surface area contributed by atoms with Crippen molar-refractivity contribution in [1.82, 2.24) is 0 Å². The summed E-state index contributed by atoms with van der Waals surface area (Å²) in [6, 6.07) is 2.72. The lowest BCUT2D eigenvalue weighted by atomic mass is 9.12. The van der Waals surface area contributed by atoms with Gasteiger partial charge in [0.25, 0.3) is 0 Å². The van der Waals surface area contributed by atoms with Gasteiger partial charge in [-0.3, -0.25) is 0 Å². The van der Waals surface area contributed by atoms with Gasteiger partial charge in [0.05, 0.1) is 5.82 Å². The maximum atomic E-state index is 16.2. The summed E-state index contributed by atoms with van der Waals surface area (Å²) in [5.74, 6) is -39.8. The third-order valence-corrected chi connectivity index (χ3v) is 7.20. The Kier molecular flexibility index (Phi) is 8.46. The molecule has 0 radical (unpaired) electrons. The first-order valence-electron chi connectivity index (χ1n) is 12.0. The summed E-state index contributed by atoms with van der Waals surface area (Å²) in [6.45, 7) is 6.49. The molecule has 4 rings (SSSR count). The van der Waals surface area contributed by atoms with E-state index in [-0.39, 0.29) is 5.56 Å². The predicted molar refractivity (Wildman–Crippen MR) is 133 cm³/mol. The lowest BCUT2D eigenvalue weighted by Crippen LogP contribution is -2.79. The summed E-state index contributed by atoms with van der Waals surface area (Å²) in [4.78, 5) is 0. The first-order chi connectivity index (χ1) is 20.6. The zero-order valence-electron chi connectivity index (χ0n) is 21.5. The van der Waals surface area contributed by atoms with Gasteiger partial charge in [0, 0.05) is 5.56 Å². The molecule has 0 fully saturated rings. The highest BCUT2D eigenvalue weighted by Crippen LogP contribution is 2.29. The Morgan fingerprint density at radius 1 is 0.432 bits per heavy atom. The molecule has 44 heavy (non-hydrogen) atoms. The summed E-state index contributed by atoms with van der Waals surface area (Å²) in [7, 11) is 0. The second-order valence-corrected chi connectivity index (χ2v) is 9.34. The van der Waals surface area contributed by atoms with Crippen LogP contribution in [0.15, 0.2) is 43.5 Å². The molecule has 0 heterocycles. The lowest BCUT2D eigenvalue weighted by Gasteiger charge is -2.45. The summed E-state index contributed by atoms with van der Waals surface area (Å²) in [5.41, 5.74) is -10.2. The van der Waals surface area contributed by atoms with Gasteiger partial charge in [-0.1, -0.05) is 43.0 Å². The SMILES string of the molecule is C=CCc1c(F)c(F)c(F)c([B-](c2ccc(C=C)cc2)(c2c(F)c(F)c(F)c(F)c2F)c2c(F)c(F)c(F)c(F)c2F)c1F. The van der Waals surface area contributed by atoms with Crippen LogP contribution in [0.3, 0.4) is 0 Å².